The maximum Gasteiger partial charge on any atom is 0.0860 e. The monoisotopic (exact) mass is 277 g/mol. The Labute approximate surface area is 121 Å². The minimum absolute atomic E-state index is 0.119. The number of nitrogens with one attached hydrogen (secondary N) is 2. The summed E-state index contributed by atoms with van der Waals surface area (Å²) in [5.41, 5.74) is 1.01. The summed E-state index contributed by atoms with van der Waals surface area (Å²) in [5, 5.41) is 6.65. The van der Waals surface area contributed by atoms with Crippen molar-refractivity contribution in [2.45, 2.75) is 25.7 Å². The number of nitrogens with zero attached hydrogens (tertiary/aromatic N) is 1. The van der Waals surface area contributed by atoms with Gasteiger partial charge in [-0.25, -0.2) is 0 Å². The fraction of sp³-hybridized carbons (Fsp3) is 0.467. The highest BCUT2D eigenvalue weighted by Gasteiger charge is 2.17. The molecule has 0 amide bonds. The first-order valence-electron chi connectivity index (χ1n) is 6.79. The number of thiocarbonyl (C=S) groups is 1. The first-order chi connectivity index (χ1) is 9.29. The molecule has 1 heterocycles. The first-order valence-corrected chi connectivity index (χ1v) is 7.20. The fourth-order valence-electron chi connectivity index (χ4n) is 1.76. The Morgan fingerprint density at radius 3 is 3.00 bits per heavy atom. The van der Waals surface area contributed by atoms with Gasteiger partial charge in [0.25, 0.3) is 0 Å². The van der Waals surface area contributed by atoms with Crippen LogP contribution in [0, 0.1) is 0 Å². The minimum atomic E-state index is 0.119. The molecule has 0 aliphatic carbocycles. The van der Waals surface area contributed by atoms with Crippen LogP contribution in [-0.2, 0) is 0 Å². The van der Waals surface area contributed by atoms with E-state index in [1.54, 1.807) is 0 Å². The molecule has 0 spiro atoms. The van der Waals surface area contributed by atoms with Crippen LogP contribution in [0.1, 0.15) is 31.4 Å². The fourth-order valence-corrected chi connectivity index (χ4v) is 2.05. The third-order valence-corrected chi connectivity index (χ3v) is 3.27. The van der Waals surface area contributed by atoms with Crippen molar-refractivity contribution in [2.75, 3.05) is 19.6 Å². The quantitative estimate of drug-likeness (QED) is 0.413. The van der Waals surface area contributed by atoms with Crippen molar-refractivity contribution < 1.29 is 0 Å². The lowest BCUT2D eigenvalue weighted by Gasteiger charge is -2.19. The average molecular weight is 277 g/mol. The van der Waals surface area contributed by atoms with Crippen molar-refractivity contribution in [2.24, 2.45) is 0 Å². The molecular weight excluding hydrogens is 254 g/mol. The molecule has 1 rings (SSSR count). The normalized spacial score (nSPS) is 11.8. The number of rotatable bonds is 9. The van der Waals surface area contributed by atoms with E-state index >= 15 is 0 Å². The average Bonchev–Trinajstić information content (AvgIpc) is 2.46. The molecule has 0 aliphatic heterocycles. The van der Waals surface area contributed by atoms with E-state index in [2.05, 4.69) is 29.1 Å². The standard InChI is InChI=1S/C15H23N3S/c1-3-5-10-16-12-13(15(19)18-9-4-2)14-8-6-7-11-17-14/h4,6-8,11,13,16H,2-3,5,9-10,12H2,1H3,(H,18,19). The lowest BCUT2D eigenvalue weighted by Crippen LogP contribution is -2.35. The molecule has 3 nitrogen and oxygen atoms in total. The molecule has 0 saturated carbocycles. The second-order valence-corrected chi connectivity index (χ2v) is 4.84. The first kappa shape index (κ1) is 15.8. The molecule has 0 aliphatic rings. The molecule has 4 heteroatoms. The van der Waals surface area contributed by atoms with E-state index in [1.807, 2.05) is 30.5 Å². The van der Waals surface area contributed by atoms with Crippen LogP contribution in [0.25, 0.3) is 0 Å². The Bertz CT molecular complexity index is 378. The van der Waals surface area contributed by atoms with Gasteiger partial charge in [-0.15, -0.1) is 6.58 Å². The second-order valence-electron chi connectivity index (χ2n) is 4.40. The van der Waals surface area contributed by atoms with E-state index in [0.717, 1.165) is 23.8 Å². The zero-order valence-corrected chi connectivity index (χ0v) is 12.4. The summed E-state index contributed by atoms with van der Waals surface area (Å²) in [5.74, 6) is 0.119. The van der Waals surface area contributed by atoms with Gasteiger partial charge < -0.3 is 10.6 Å². The van der Waals surface area contributed by atoms with E-state index in [1.165, 1.54) is 12.8 Å². The highest BCUT2D eigenvalue weighted by molar-refractivity contribution is 7.80. The summed E-state index contributed by atoms with van der Waals surface area (Å²) in [6.45, 7) is 8.42. The largest absolute Gasteiger partial charge is 0.376 e. The van der Waals surface area contributed by atoms with E-state index in [-0.39, 0.29) is 5.92 Å². The van der Waals surface area contributed by atoms with Crippen LogP contribution in [0.4, 0.5) is 0 Å². The van der Waals surface area contributed by atoms with Crippen LogP contribution in [-0.4, -0.2) is 29.6 Å². The Morgan fingerprint density at radius 1 is 1.53 bits per heavy atom. The van der Waals surface area contributed by atoms with Crippen LogP contribution in [0.15, 0.2) is 37.1 Å². The van der Waals surface area contributed by atoms with E-state index in [0.29, 0.717) is 6.54 Å². The molecule has 0 bridgehead atoms. The molecule has 104 valence electrons. The van der Waals surface area contributed by atoms with Crippen molar-refractivity contribution >= 4 is 17.2 Å². The van der Waals surface area contributed by atoms with Gasteiger partial charge in [-0.1, -0.05) is 37.7 Å². The number of pyridine rings is 1. The number of hydrogen-bond acceptors (Lipinski definition) is 3. The van der Waals surface area contributed by atoms with E-state index in [9.17, 15) is 0 Å². The Morgan fingerprint density at radius 2 is 2.37 bits per heavy atom. The van der Waals surface area contributed by atoms with Gasteiger partial charge >= 0.3 is 0 Å². The topological polar surface area (TPSA) is 37.0 Å². The molecule has 1 aromatic heterocycles. The van der Waals surface area contributed by atoms with Crippen LogP contribution >= 0.6 is 12.2 Å². The zero-order valence-electron chi connectivity index (χ0n) is 11.6. The van der Waals surface area contributed by atoms with Gasteiger partial charge in [0.15, 0.2) is 0 Å². The van der Waals surface area contributed by atoms with E-state index in [4.69, 9.17) is 12.2 Å². The van der Waals surface area contributed by atoms with Crippen LogP contribution < -0.4 is 10.6 Å². The Balaban J connectivity index is 2.62. The van der Waals surface area contributed by atoms with Gasteiger partial charge in [0.1, 0.15) is 0 Å². The Hall–Kier alpha value is -1.26. The van der Waals surface area contributed by atoms with Crippen molar-refractivity contribution in [1.29, 1.82) is 0 Å². The SMILES string of the molecule is C=CCNC(=S)C(CNCCCC)c1ccccn1. The molecule has 0 radical (unpaired) electrons. The molecule has 0 aromatic carbocycles. The summed E-state index contributed by atoms with van der Waals surface area (Å²) in [6, 6.07) is 5.94. The molecule has 1 unspecified atom stereocenters. The summed E-state index contributed by atoms with van der Waals surface area (Å²) >= 11 is 5.46. The second kappa shape index (κ2) is 9.64. The molecule has 0 saturated heterocycles. The lowest BCUT2D eigenvalue weighted by atomic mass is 10.0. The third kappa shape index (κ3) is 5.94. The van der Waals surface area contributed by atoms with Crippen LogP contribution in [0.2, 0.25) is 0 Å². The highest BCUT2D eigenvalue weighted by Crippen LogP contribution is 2.13. The van der Waals surface area contributed by atoms with Crippen LogP contribution in [0.3, 0.4) is 0 Å². The highest BCUT2D eigenvalue weighted by atomic mass is 32.1. The maximum atomic E-state index is 5.46. The molecule has 1 aromatic rings. The smallest absolute Gasteiger partial charge is 0.0860 e. The summed E-state index contributed by atoms with van der Waals surface area (Å²) in [6.07, 6.45) is 6.00. The molecule has 2 N–H and O–H groups in total. The van der Waals surface area contributed by atoms with Gasteiger partial charge in [0.2, 0.25) is 0 Å². The number of unbranched alkanes of at least 4 members (excludes halogenated alkanes) is 1. The number of hydrogen-bond donors (Lipinski definition) is 2. The summed E-state index contributed by atoms with van der Waals surface area (Å²) < 4.78 is 0. The van der Waals surface area contributed by atoms with Crippen LogP contribution in [0.5, 0.6) is 0 Å². The van der Waals surface area contributed by atoms with Gasteiger partial charge in [-0.2, -0.15) is 0 Å². The molecular formula is C15H23N3S. The number of aromatic nitrogens is 1. The minimum Gasteiger partial charge on any atom is -0.376 e. The van der Waals surface area contributed by atoms with Crippen molar-refractivity contribution in [1.82, 2.24) is 15.6 Å². The summed E-state index contributed by atoms with van der Waals surface area (Å²) in [7, 11) is 0. The lowest BCUT2D eigenvalue weighted by molar-refractivity contribution is 0.616. The van der Waals surface area contributed by atoms with Crippen molar-refractivity contribution in [3.8, 4) is 0 Å². The zero-order chi connectivity index (χ0) is 13.9. The predicted octanol–water partition coefficient (Wildman–Crippen LogP) is 2.66. The van der Waals surface area contributed by atoms with Crippen molar-refractivity contribution in [3.63, 3.8) is 0 Å². The van der Waals surface area contributed by atoms with Gasteiger partial charge in [-0.05, 0) is 25.1 Å². The Kier molecular flexibility index (Phi) is 8.02. The van der Waals surface area contributed by atoms with Gasteiger partial charge in [-0.3, -0.25) is 4.98 Å². The summed E-state index contributed by atoms with van der Waals surface area (Å²) in [4.78, 5) is 5.24. The third-order valence-electron chi connectivity index (χ3n) is 2.84. The molecule has 1 atom stereocenters. The van der Waals surface area contributed by atoms with Crippen molar-refractivity contribution in [3.05, 3.63) is 42.7 Å². The maximum absolute atomic E-state index is 5.46. The van der Waals surface area contributed by atoms with Gasteiger partial charge in [0, 0.05) is 19.3 Å². The molecule has 0 fully saturated rings. The van der Waals surface area contributed by atoms with Gasteiger partial charge in [0.05, 0.1) is 16.6 Å². The van der Waals surface area contributed by atoms with E-state index < -0.39 is 0 Å². The molecule has 19 heavy (non-hydrogen) atoms. The predicted molar refractivity (Wildman–Crippen MR) is 85.6 cm³/mol.